The molecule has 37 heavy (non-hydrogen) atoms. The second kappa shape index (κ2) is 10.8. The summed E-state index contributed by atoms with van der Waals surface area (Å²) in [6.45, 7) is 2.11. The van der Waals surface area contributed by atoms with Gasteiger partial charge in [-0.1, -0.05) is 37.6 Å². The Kier molecular flexibility index (Phi) is 7.56. The molecular weight excluding hydrogens is 485 g/mol. The number of halogens is 3. The number of hydrogen-bond acceptors (Lipinski definition) is 4. The minimum absolute atomic E-state index is 0.0437. The molecule has 2 aromatic carbocycles. The standard InChI is InChI=1S/C27H25F3N4O3/c1-2-3-23(18-6-4-17(5-7-18)22-10-9-21(16-32-22)27(28,29)30)34-24-11-8-19(14-20(24)15-33-34)26(37)31-13-12-25(35)36/h4-11,14-16,23H,2-3,12-13H2,1H3,(H,31,37)(H,35,36). The molecule has 0 saturated carbocycles. The molecule has 0 bridgehead atoms. The summed E-state index contributed by atoms with van der Waals surface area (Å²) in [5, 5.41) is 16.7. The topological polar surface area (TPSA) is 97.1 Å². The third-order valence-corrected chi connectivity index (χ3v) is 6.02. The van der Waals surface area contributed by atoms with Crippen molar-refractivity contribution < 1.29 is 27.9 Å². The summed E-state index contributed by atoms with van der Waals surface area (Å²) in [5.41, 5.74) is 2.61. The lowest BCUT2D eigenvalue weighted by atomic mass is 9.99. The summed E-state index contributed by atoms with van der Waals surface area (Å²) >= 11 is 0. The molecule has 1 unspecified atom stereocenters. The first-order valence-electron chi connectivity index (χ1n) is 11.8. The van der Waals surface area contributed by atoms with Crippen LogP contribution < -0.4 is 5.32 Å². The lowest BCUT2D eigenvalue weighted by Gasteiger charge is -2.19. The van der Waals surface area contributed by atoms with Crippen molar-refractivity contribution in [2.45, 2.75) is 38.4 Å². The number of amides is 1. The fourth-order valence-corrected chi connectivity index (χ4v) is 4.14. The van der Waals surface area contributed by atoms with Gasteiger partial charge in [0, 0.05) is 29.3 Å². The molecule has 7 nitrogen and oxygen atoms in total. The quantitative estimate of drug-likeness (QED) is 0.301. The predicted octanol–water partition coefficient (Wildman–Crippen LogP) is 5.71. The molecule has 2 N–H and O–H groups in total. The molecule has 0 saturated heterocycles. The van der Waals surface area contributed by atoms with Crippen LogP contribution in [0.1, 0.15) is 53.7 Å². The van der Waals surface area contributed by atoms with Gasteiger partial charge in [0.2, 0.25) is 0 Å². The summed E-state index contributed by atoms with van der Waals surface area (Å²) < 4.78 is 40.4. The van der Waals surface area contributed by atoms with Crippen LogP contribution in [0, 0.1) is 0 Å². The van der Waals surface area contributed by atoms with Crippen LogP contribution in [0.25, 0.3) is 22.2 Å². The van der Waals surface area contributed by atoms with Crippen molar-refractivity contribution in [3.05, 3.63) is 83.7 Å². The third kappa shape index (κ3) is 5.96. The number of pyridine rings is 1. The van der Waals surface area contributed by atoms with E-state index < -0.39 is 17.7 Å². The van der Waals surface area contributed by atoms with Crippen molar-refractivity contribution in [2.24, 2.45) is 0 Å². The van der Waals surface area contributed by atoms with Crippen LogP contribution in [0.3, 0.4) is 0 Å². The maximum absolute atomic E-state index is 12.8. The number of carboxylic acid groups (broad SMARTS) is 1. The molecule has 0 radical (unpaired) electrons. The number of aromatic nitrogens is 3. The highest BCUT2D eigenvalue weighted by Gasteiger charge is 2.30. The summed E-state index contributed by atoms with van der Waals surface area (Å²) in [7, 11) is 0. The number of aliphatic carboxylic acids is 1. The van der Waals surface area contributed by atoms with Crippen molar-refractivity contribution in [2.75, 3.05) is 6.54 Å². The van der Waals surface area contributed by atoms with Gasteiger partial charge in [-0.3, -0.25) is 19.3 Å². The van der Waals surface area contributed by atoms with Crippen LogP contribution in [0.4, 0.5) is 13.2 Å². The van der Waals surface area contributed by atoms with Gasteiger partial charge in [-0.05, 0) is 42.3 Å². The Morgan fingerprint density at radius 3 is 2.43 bits per heavy atom. The largest absolute Gasteiger partial charge is 0.481 e. The molecule has 2 aromatic heterocycles. The SMILES string of the molecule is CCCC(c1ccc(-c2ccc(C(F)(F)F)cn2)cc1)n1ncc2cc(C(=O)NCCC(=O)O)ccc21. The van der Waals surface area contributed by atoms with Crippen molar-refractivity contribution in [1.82, 2.24) is 20.1 Å². The first-order valence-corrected chi connectivity index (χ1v) is 11.8. The molecule has 10 heteroatoms. The van der Waals surface area contributed by atoms with Crippen LogP contribution in [0.5, 0.6) is 0 Å². The molecule has 1 atom stereocenters. The number of nitrogens with one attached hydrogen (secondary N) is 1. The summed E-state index contributed by atoms with van der Waals surface area (Å²) in [4.78, 5) is 27.0. The van der Waals surface area contributed by atoms with Gasteiger partial charge in [0.1, 0.15) is 0 Å². The van der Waals surface area contributed by atoms with Crippen LogP contribution in [0.2, 0.25) is 0 Å². The number of rotatable bonds is 9. The number of nitrogens with zero attached hydrogens (tertiary/aromatic N) is 3. The van der Waals surface area contributed by atoms with Crippen LogP contribution >= 0.6 is 0 Å². The first-order chi connectivity index (χ1) is 17.7. The molecule has 1 amide bonds. The number of benzene rings is 2. The van der Waals surface area contributed by atoms with E-state index in [2.05, 4.69) is 22.3 Å². The highest BCUT2D eigenvalue weighted by Crippen LogP contribution is 2.31. The molecule has 0 spiro atoms. The average Bonchev–Trinajstić information content (AvgIpc) is 3.30. The van der Waals surface area contributed by atoms with Crippen LogP contribution in [-0.2, 0) is 11.0 Å². The van der Waals surface area contributed by atoms with Gasteiger partial charge in [-0.2, -0.15) is 18.3 Å². The number of hydrogen-bond donors (Lipinski definition) is 2. The van der Waals surface area contributed by atoms with Crippen molar-refractivity contribution >= 4 is 22.8 Å². The van der Waals surface area contributed by atoms with E-state index in [0.717, 1.165) is 41.6 Å². The smallest absolute Gasteiger partial charge is 0.417 e. The normalized spacial score (nSPS) is 12.4. The van der Waals surface area contributed by atoms with Crippen molar-refractivity contribution in [3.8, 4) is 11.3 Å². The molecule has 0 aliphatic rings. The molecule has 192 valence electrons. The summed E-state index contributed by atoms with van der Waals surface area (Å²) in [5.74, 6) is -1.34. The van der Waals surface area contributed by atoms with E-state index in [1.807, 2.05) is 35.0 Å². The predicted molar refractivity (Wildman–Crippen MR) is 132 cm³/mol. The second-order valence-corrected chi connectivity index (χ2v) is 8.62. The zero-order chi connectivity index (χ0) is 26.6. The Hall–Kier alpha value is -4.21. The van der Waals surface area contributed by atoms with Gasteiger partial charge in [-0.25, -0.2) is 0 Å². The third-order valence-electron chi connectivity index (χ3n) is 6.02. The Bertz CT molecular complexity index is 1400. The minimum Gasteiger partial charge on any atom is -0.481 e. The summed E-state index contributed by atoms with van der Waals surface area (Å²) in [6.07, 6.45) is -0.380. The average molecular weight is 511 g/mol. The van der Waals surface area contributed by atoms with E-state index in [4.69, 9.17) is 5.11 Å². The van der Waals surface area contributed by atoms with E-state index in [1.165, 1.54) is 6.07 Å². The monoisotopic (exact) mass is 510 g/mol. The van der Waals surface area contributed by atoms with E-state index >= 15 is 0 Å². The molecule has 0 aliphatic carbocycles. The fourth-order valence-electron chi connectivity index (χ4n) is 4.14. The number of carbonyl (C=O) groups is 2. The summed E-state index contributed by atoms with van der Waals surface area (Å²) in [6, 6.07) is 15.0. The minimum atomic E-state index is -4.43. The Labute approximate surface area is 211 Å². The van der Waals surface area contributed by atoms with Crippen molar-refractivity contribution in [3.63, 3.8) is 0 Å². The first kappa shape index (κ1) is 25.9. The zero-order valence-electron chi connectivity index (χ0n) is 20.0. The molecular formula is C27H25F3N4O3. The molecule has 4 rings (SSSR count). The van der Waals surface area contributed by atoms with Gasteiger partial charge >= 0.3 is 12.1 Å². The molecule has 0 fully saturated rings. The highest BCUT2D eigenvalue weighted by molar-refractivity contribution is 5.98. The van der Waals surface area contributed by atoms with E-state index in [-0.39, 0.29) is 24.9 Å². The Balaban J connectivity index is 1.56. The number of fused-ring (bicyclic) bond motifs is 1. The van der Waals surface area contributed by atoms with Crippen LogP contribution in [-0.4, -0.2) is 38.3 Å². The lowest BCUT2D eigenvalue weighted by molar-refractivity contribution is -0.138. The highest BCUT2D eigenvalue weighted by atomic mass is 19.4. The second-order valence-electron chi connectivity index (χ2n) is 8.62. The number of carbonyl (C=O) groups excluding carboxylic acids is 1. The van der Waals surface area contributed by atoms with Gasteiger partial charge < -0.3 is 10.4 Å². The number of alkyl halides is 3. The fraction of sp³-hybridized carbons (Fsp3) is 0.259. The maximum atomic E-state index is 12.8. The lowest BCUT2D eigenvalue weighted by Crippen LogP contribution is -2.25. The van der Waals surface area contributed by atoms with Gasteiger partial charge in [0.05, 0.1) is 35.4 Å². The maximum Gasteiger partial charge on any atom is 0.417 e. The number of carboxylic acids is 1. The zero-order valence-corrected chi connectivity index (χ0v) is 20.0. The van der Waals surface area contributed by atoms with Gasteiger partial charge in [0.25, 0.3) is 5.91 Å². The van der Waals surface area contributed by atoms with E-state index in [0.29, 0.717) is 16.8 Å². The Morgan fingerprint density at radius 2 is 1.81 bits per heavy atom. The molecule has 4 aromatic rings. The van der Waals surface area contributed by atoms with Crippen LogP contribution in [0.15, 0.2) is 67.0 Å². The van der Waals surface area contributed by atoms with E-state index in [9.17, 15) is 22.8 Å². The molecule has 0 aliphatic heterocycles. The molecule has 2 heterocycles. The van der Waals surface area contributed by atoms with Gasteiger partial charge in [0.15, 0.2) is 0 Å². The Morgan fingerprint density at radius 1 is 1.05 bits per heavy atom. The van der Waals surface area contributed by atoms with Crippen molar-refractivity contribution in [1.29, 1.82) is 0 Å². The van der Waals surface area contributed by atoms with Gasteiger partial charge in [-0.15, -0.1) is 0 Å². The van der Waals surface area contributed by atoms with E-state index in [1.54, 1.807) is 18.3 Å².